The normalized spacial score (nSPS) is 18.9. The third-order valence-corrected chi connectivity index (χ3v) is 7.92. The van der Waals surface area contributed by atoms with Crippen molar-refractivity contribution in [1.82, 2.24) is 23.9 Å². The van der Waals surface area contributed by atoms with Crippen LogP contribution in [0.4, 0.5) is 10.5 Å². The number of imidazole rings is 1. The lowest BCUT2D eigenvalue weighted by Crippen LogP contribution is -2.24. The number of urea groups is 1. The highest BCUT2D eigenvalue weighted by molar-refractivity contribution is 7.97. The number of pyridine rings is 1. The lowest BCUT2D eigenvalue weighted by Gasteiger charge is -2.23. The van der Waals surface area contributed by atoms with Crippen molar-refractivity contribution >= 4 is 29.2 Å². The summed E-state index contributed by atoms with van der Waals surface area (Å²) < 4.78 is 13.0. The molecule has 0 radical (unpaired) electrons. The summed E-state index contributed by atoms with van der Waals surface area (Å²) in [6.45, 7) is 1.45. The highest BCUT2D eigenvalue weighted by Gasteiger charge is 2.37. The third-order valence-electron chi connectivity index (χ3n) is 7.22. The first-order valence-corrected chi connectivity index (χ1v) is 13.0. The monoisotopic (exact) mass is 486 g/mol. The Labute approximate surface area is 207 Å². The molecule has 2 aliphatic carbocycles. The van der Waals surface area contributed by atoms with E-state index in [-0.39, 0.29) is 12.1 Å². The average molecular weight is 487 g/mol. The molecule has 4 heterocycles. The van der Waals surface area contributed by atoms with E-state index < -0.39 is 0 Å². The largest absolute Gasteiger partial charge is 0.370 e. The summed E-state index contributed by atoms with van der Waals surface area (Å²) in [7, 11) is 0. The van der Waals surface area contributed by atoms with E-state index >= 15 is 0 Å². The second-order valence-corrected chi connectivity index (χ2v) is 10.4. The highest BCUT2D eigenvalue weighted by Crippen LogP contribution is 2.45. The first kappa shape index (κ1) is 21.0. The van der Waals surface area contributed by atoms with Gasteiger partial charge >= 0.3 is 6.03 Å². The van der Waals surface area contributed by atoms with Crippen molar-refractivity contribution in [1.29, 1.82) is 0 Å². The molecule has 1 atom stereocenters. The van der Waals surface area contributed by atoms with Gasteiger partial charge in [-0.3, -0.25) is 9.40 Å². The molecule has 1 saturated carbocycles. The number of hydrogen-bond acceptors (Lipinski definition) is 5. The van der Waals surface area contributed by atoms with E-state index in [4.69, 9.17) is 4.74 Å². The van der Waals surface area contributed by atoms with Crippen LogP contribution in [0.5, 0.6) is 0 Å². The maximum atomic E-state index is 13.0. The zero-order chi connectivity index (χ0) is 23.4. The molecule has 1 unspecified atom stereocenters. The lowest BCUT2D eigenvalue weighted by atomic mass is 9.98. The fourth-order valence-corrected chi connectivity index (χ4v) is 5.93. The molecule has 2 N–H and O–H groups in total. The van der Waals surface area contributed by atoms with Gasteiger partial charge in [0.25, 0.3) is 0 Å². The van der Waals surface area contributed by atoms with Crippen molar-refractivity contribution in [3.8, 4) is 11.1 Å². The minimum absolute atomic E-state index is 0.140. The van der Waals surface area contributed by atoms with Gasteiger partial charge in [-0.2, -0.15) is 5.10 Å². The van der Waals surface area contributed by atoms with Crippen molar-refractivity contribution in [2.24, 2.45) is 5.92 Å². The molecule has 0 saturated heterocycles. The molecule has 0 bridgehead atoms. The molecular formula is C26H26N6O2S. The molecule has 2 amide bonds. The predicted octanol–water partition coefficient (Wildman–Crippen LogP) is 5.00. The first-order chi connectivity index (χ1) is 17.2. The fourth-order valence-electron chi connectivity index (χ4n) is 5.36. The molecule has 9 heteroatoms. The number of carbonyl (C=O) groups excluding carboxylic acids is 1. The zero-order valence-corrected chi connectivity index (χ0v) is 20.1. The number of carbonyl (C=O) groups is 1. The Morgan fingerprint density at radius 2 is 2.11 bits per heavy atom. The van der Waals surface area contributed by atoms with Gasteiger partial charge in [0, 0.05) is 29.3 Å². The Hall–Kier alpha value is -3.30. The van der Waals surface area contributed by atoms with Gasteiger partial charge < -0.3 is 14.5 Å². The third kappa shape index (κ3) is 3.88. The number of hydrogen-bond donors (Lipinski definition) is 2. The summed E-state index contributed by atoms with van der Waals surface area (Å²) in [6, 6.07) is 10.3. The topological polar surface area (TPSA) is 85.5 Å². The van der Waals surface area contributed by atoms with Crippen LogP contribution in [0, 0.1) is 5.92 Å². The number of aromatic nitrogens is 4. The van der Waals surface area contributed by atoms with Crippen LogP contribution in [0.2, 0.25) is 0 Å². The van der Waals surface area contributed by atoms with E-state index in [1.54, 1.807) is 6.33 Å². The van der Waals surface area contributed by atoms with Crippen molar-refractivity contribution in [2.45, 2.75) is 49.8 Å². The van der Waals surface area contributed by atoms with E-state index in [9.17, 15) is 4.79 Å². The van der Waals surface area contributed by atoms with E-state index in [1.807, 2.05) is 21.3 Å². The number of anilines is 1. The summed E-state index contributed by atoms with van der Waals surface area (Å²) >= 11 is 1.25. The summed E-state index contributed by atoms with van der Waals surface area (Å²) in [6.07, 6.45) is 11.4. The first-order valence-electron chi connectivity index (χ1n) is 12.2. The minimum atomic E-state index is -0.249. The van der Waals surface area contributed by atoms with E-state index in [2.05, 4.69) is 50.6 Å². The van der Waals surface area contributed by atoms with Crippen LogP contribution in [0.25, 0.3) is 16.6 Å². The molecular weight excluding hydrogens is 460 g/mol. The van der Waals surface area contributed by atoms with Crippen molar-refractivity contribution in [3.63, 3.8) is 0 Å². The number of fused-ring (bicyclic) bond motifs is 3. The summed E-state index contributed by atoms with van der Waals surface area (Å²) in [4.78, 5) is 17.3. The van der Waals surface area contributed by atoms with Gasteiger partial charge in [-0.15, -0.1) is 0 Å². The van der Waals surface area contributed by atoms with Crippen LogP contribution >= 0.6 is 11.9 Å². The number of nitrogens with one attached hydrogen (secondary N) is 2. The smallest absolute Gasteiger partial charge is 0.329 e. The molecule has 35 heavy (non-hydrogen) atoms. The molecule has 4 aromatic rings. The molecule has 1 aliphatic heterocycles. The summed E-state index contributed by atoms with van der Waals surface area (Å²) in [5.41, 5.74) is 7.66. The molecule has 3 aromatic heterocycles. The second kappa shape index (κ2) is 8.42. The van der Waals surface area contributed by atoms with Gasteiger partial charge in [0.15, 0.2) is 0 Å². The number of ether oxygens (including phenoxy) is 1. The Bertz CT molecular complexity index is 1440. The minimum Gasteiger partial charge on any atom is -0.370 e. The SMILES string of the molecule is O=C(NSc1cc2n(n1)CCOC2C1CC1)Nc1c(-c2ccc3cncn3c2)ccc2c1CCC2. The summed E-state index contributed by atoms with van der Waals surface area (Å²) in [5.74, 6) is 0.611. The van der Waals surface area contributed by atoms with Gasteiger partial charge in [-0.25, -0.2) is 9.78 Å². The van der Waals surface area contributed by atoms with Gasteiger partial charge in [-0.1, -0.05) is 18.2 Å². The van der Waals surface area contributed by atoms with Gasteiger partial charge in [0.05, 0.1) is 42.6 Å². The van der Waals surface area contributed by atoms with Gasteiger partial charge in [0.2, 0.25) is 0 Å². The van der Waals surface area contributed by atoms with E-state index in [0.29, 0.717) is 12.5 Å². The number of rotatable bonds is 5. The molecule has 1 aromatic carbocycles. The molecule has 1 fully saturated rings. The standard InChI is InChI=1S/C26H26N6O2S/c33-26(30-35-23-12-22-25(17-4-5-17)34-11-10-32(22)29-23)28-24-20-3-1-2-16(20)7-9-21(24)18-6-8-19-13-27-15-31(19)14-18/h6-9,12-15,17,25H,1-5,10-11H2,(H2,28,30,33). The maximum Gasteiger partial charge on any atom is 0.329 e. The average Bonchev–Trinajstić information content (AvgIpc) is 3.25. The zero-order valence-electron chi connectivity index (χ0n) is 19.2. The van der Waals surface area contributed by atoms with Crippen LogP contribution in [-0.4, -0.2) is 31.8 Å². The number of nitrogens with zero attached hydrogens (tertiary/aromatic N) is 4. The highest BCUT2D eigenvalue weighted by atomic mass is 32.2. The van der Waals surface area contributed by atoms with Crippen molar-refractivity contribution in [3.05, 3.63) is 65.9 Å². The second-order valence-electron chi connectivity index (χ2n) is 9.54. The van der Waals surface area contributed by atoms with Crippen molar-refractivity contribution < 1.29 is 9.53 Å². The van der Waals surface area contributed by atoms with Crippen molar-refractivity contribution in [2.75, 3.05) is 11.9 Å². The number of amides is 2. The Morgan fingerprint density at radius 3 is 3.03 bits per heavy atom. The number of benzene rings is 1. The predicted molar refractivity (Wildman–Crippen MR) is 134 cm³/mol. The maximum absolute atomic E-state index is 13.0. The van der Waals surface area contributed by atoms with Crippen LogP contribution in [0.15, 0.2) is 54.1 Å². The number of aryl methyl sites for hydroxylation is 1. The fraction of sp³-hybridized carbons (Fsp3) is 0.346. The lowest BCUT2D eigenvalue weighted by molar-refractivity contribution is 0.00273. The molecule has 7 rings (SSSR count). The van der Waals surface area contributed by atoms with Crippen LogP contribution in [0.1, 0.15) is 42.2 Å². The molecule has 3 aliphatic rings. The Kier molecular flexibility index (Phi) is 5.06. The van der Waals surface area contributed by atoms with Crippen LogP contribution in [0.3, 0.4) is 0 Å². The molecule has 178 valence electrons. The van der Waals surface area contributed by atoms with Gasteiger partial charge in [0.1, 0.15) is 11.1 Å². The summed E-state index contributed by atoms with van der Waals surface area (Å²) in [5, 5.41) is 8.64. The molecule has 0 spiro atoms. The van der Waals surface area contributed by atoms with E-state index in [0.717, 1.165) is 58.9 Å². The Balaban J connectivity index is 1.12. The molecule has 8 nitrogen and oxygen atoms in total. The Morgan fingerprint density at radius 1 is 1.17 bits per heavy atom. The van der Waals surface area contributed by atoms with Gasteiger partial charge in [-0.05, 0) is 61.3 Å². The quantitative estimate of drug-likeness (QED) is 0.388. The van der Waals surface area contributed by atoms with Crippen LogP contribution in [-0.2, 0) is 24.1 Å². The van der Waals surface area contributed by atoms with E-state index in [1.165, 1.54) is 35.9 Å². The van der Waals surface area contributed by atoms with Crippen LogP contribution < -0.4 is 10.0 Å².